The molecule has 1 aliphatic carbocycles. The molecule has 0 amide bonds. The Morgan fingerprint density at radius 3 is 2.67 bits per heavy atom. The third-order valence-electron chi connectivity index (χ3n) is 4.04. The van der Waals surface area contributed by atoms with Crippen LogP contribution in [0.4, 0.5) is 0 Å². The molecule has 2 N–H and O–H groups in total. The van der Waals surface area contributed by atoms with Crippen molar-refractivity contribution in [2.24, 2.45) is 17.6 Å². The van der Waals surface area contributed by atoms with Crippen molar-refractivity contribution in [3.63, 3.8) is 0 Å². The Bertz CT molecular complexity index is 229. The van der Waals surface area contributed by atoms with E-state index in [9.17, 15) is 0 Å². The summed E-state index contributed by atoms with van der Waals surface area (Å²) in [6, 6.07) is 0.172. The van der Waals surface area contributed by atoms with Crippen molar-refractivity contribution in [1.82, 2.24) is 0 Å². The van der Waals surface area contributed by atoms with Crippen LogP contribution in [0.3, 0.4) is 0 Å². The van der Waals surface area contributed by atoms with Gasteiger partial charge in [0.15, 0.2) is 0 Å². The van der Waals surface area contributed by atoms with Crippen molar-refractivity contribution < 1.29 is 4.74 Å². The highest BCUT2D eigenvalue weighted by Crippen LogP contribution is 2.34. The lowest BCUT2D eigenvalue weighted by atomic mass is 9.77. The van der Waals surface area contributed by atoms with Gasteiger partial charge in [0, 0.05) is 6.42 Å². The highest BCUT2D eigenvalue weighted by Gasteiger charge is 2.28. The molecule has 1 atom stereocenters. The molecule has 1 fully saturated rings. The van der Waals surface area contributed by atoms with Gasteiger partial charge >= 0.3 is 0 Å². The van der Waals surface area contributed by atoms with E-state index in [-0.39, 0.29) is 6.04 Å². The van der Waals surface area contributed by atoms with Crippen LogP contribution in [0.2, 0.25) is 0 Å². The lowest BCUT2D eigenvalue weighted by Crippen LogP contribution is -2.34. The quantitative estimate of drug-likeness (QED) is 0.775. The van der Waals surface area contributed by atoms with Crippen LogP contribution in [-0.2, 0) is 4.74 Å². The summed E-state index contributed by atoms with van der Waals surface area (Å²) in [5, 5.41) is 0. The zero-order chi connectivity index (χ0) is 10.7. The van der Waals surface area contributed by atoms with E-state index in [2.05, 4.69) is 13.0 Å². The van der Waals surface area contributed by atoms with Gasteiger partial charge in [-0.15, -0.1) is 0 Å². The van der Waals surface area contributed by atoms with E-state index in [1.165, 1.54) is 32.1 Å². The van der Waals surface area contributed by atoms with Gasteiger partial charge in [-0.2, -0.15) is 0 Å². The van der Waals surface area contributed by atoms with E-state index in [4.69, 9.17) is 10.5 Å². The summed E-state index contributed by atoms with van der Waals surface area (Å²) >= 11 is 0. The minimum atomic E-state index is 0.172. The van der Waals surface area contributed by atoms with Gasteiger partial charge in [0.1, 0.15) is 5.76 Å². The maximum atomic E-state index is 6.25. The summed E-state index contributed by atoms with van der Waals surface area (Å²) in [5.41, 5.74) is 6.25. The topological polar surface area (TPSA) is 35.2 Å². The molecule has 2 heteroatoms. The van der Waals surface area contributed by atoms with E-state index in [1.807, 2.05) is 0 Å². The van der Waals surface area contributed by atoms with Gasteiger partial charge in [0.05, 0.1) is 12.6 Å². The molecular weight excluding hydrogens is 186 g/mol. The molecular formula is C13H23NO. The Morgan fingerprint density at radius 2 is 2.13 bits per heavy atom. The van der Waals surface area contributed by atoms with E-state index < -0.39 is 0 Å². The molecule has 1 aliphatic heterocycles. The van der Waals surface area contributed by atoms with Crippen LogP contribution in [0.1, 0.15) is 45.4 Å². The Balaban J connectivity index is 1.84. The fraction of sp³-hybridized carbons (Fsp3) is 0.846. The molecule has 1 saturated carbocycles. The normalized spacial score (nSPS) is 33.3. The van der Waals surface area contributed by atoms with Gasteiger partial charge in [-0.3, -0.25) is 0 Å². The minimum Gasteiger partial charge on any atom is -0.496 e. The zero-order valence-corrected chi connectivity index (χ0v) is 9.74. The molecule has 1 unspecified atom stereocenters. The molecule has 86 valence electrons. The second-order valence-corrected chi connectivity index (χ2v) is 4.96. The first kappa shape index (κ1) is 11.0. The van der Waals surface area contributed by atoms with E-state index in [0.29, 0.717) is 5.92 Å². The maximum absolute atomic E-state index is 6.25. The van der Waals surface area contributed by atoms with Crippen molar-refractivity contribution in [2.75, 3.05) is 6.61 Å². The van der Waals surface area contributed by atoms with Gasteiger partial charge in [-0.25, -0.2) is 0 Å². The average Bonchev–Trinajstić information content (AvgIpc) is 2.82. The first-order chi connectivity index (χ1) is 7.31. The molecule has 0 aromatic heterocycles. The molecule has 0 aromatic rings. The van der Waals surface area contributed by atoms with Crippen LogP contribution in [0, 0.1) is 11.8 Å². The molecule has 1 heterocycles. The van der Waals surface area contributed by atoms with Crippen molar-refractivity contribution in [3.8, 4) is 0 Å². The van der Waals surface area contributed by atoms with Gasteiger partial charge in [-0.1, -0.05) is 26.2 Å². The molecule has 2 aliphatic rings. The molecule has 0 radical (unpaired) electrons. The van der Waals surface area contributed by atoms with Crippen LogP contribution >= 0.6 is 0 Å². The highest BCUT2D eigenvalue weighted by atomic mass is 16.5. The predicted octanol–water partition coefficient (Wildman–Crippen LogP) is 2.83. The molecule has 0 bridgehead atoms. The molecule has 0 spiro atoms. The summed E-state index contributed by atoms with van der Waals surface area (Å²) in [6.07, 6.45) is 9.87. The molecule has 2 rings (SSSR count). The van der Waals surface area contributed by atoms with Crippen LogP contribution in [0.15, 0.2) is 11.8 Å². The standard InChI is InChI=1S/C13H23NO/c1-2-10-5-7-11(8-6-10)13(14)12-4-3-9-15-12/h4,10-11,13H,2-3,5-9,14H2,1H3. The van der Waals surface area contributed by atoms with Crippen molar-refractivity contribution in [2.45, 2.75) is 51.5 Å². The van der Waals surface area contributed by atoms with Crippen molar-refractivity contribution in [1.29, 1.82) is 0 Å². The van der Waals surface area contributed by atoms with Crippen LogP contribution < -0.4 is 5.73 Å². The summed E-state index contributed by atoms with van der Waals surface area (Å²) in [5.74, 6) is 2.68. The average molecular weight is 209 g/mol. The zero-order valence-electron chi connectivity index (χ0n) is 9.74. The Kier molecular flexibility index (Phi) is 3.68. The maximum Gasteiger partial charge on any atom is 0.109 e. The Labute approximate surface area is 92.9 Å². The van der Waals surface area contributed by atoms with Gasteiger partial charge in [-0.05, 0) is 30.8 Å². The van der Waals surface area contributed by atoms with Gasteiger partial charge in [0.2, 0.25) is 0 Å². The summed E-state index contributed by atoms with van der Waals surface area (Å²) < 4.78 is 5.56. The number of hydrogen-bond acceptors (Lipinski definition) is 2. The van der Waals surface area contributed by atoms with Gasteiger partial charge in [0.25, 0.3) is 0 Å². The third-order valence-corrected chi connectivity index (χ3v) is 4.04. The summed E-state index contributed by atoms with van der Waals surface area (Å²) in [7, 11) is 0. The predicted molar refractivity (Wildman–Crippen MR) is 62.4 cm³/mol. The second kappa shape index (κ2) is 5.02. The third kappa shape index (κ3) is 2.54. The second-order valence-electron chi connectivity index (χ2n) is 4.96. The number of nitrogens with two attached hydrogens (primary N) is 1. The Morgan fingerprint density at radius 1 is 1.40 bits per heavy atom. The molecule has 0 aromatic carbocycles. The van der Waals surface area contributed by atoms with Crippen molar-refractivity contribution >= 4 is 0 Å². The van der Waals surface area contributed by atoms with Gasteiger partial charge < -0.3 is 10.5 Å². The number of ether oxygens (including phenoxy) is 1. The largest absolute Gasteiger partial charge is 0.496 e. The van der Waals surface area contributed by atoms with Crippen LogP contribution in [0.25, 0.3) is 0 Å². The molecule has 15 heavy (non-hydrogen) atoms. The highest BCUT2D eigenvalue weighted by molar-refractivity contribution is 5.08. The monoisotopic (exact) mass is 209 g/mol. The lowest BCUT2D eigenvalue weighted by Gasteiger charge is -2.31. The van der Waals surface area contributed by atoms with Crippen LogP contribution in [0.5, 0.6) is 0 Å². The van der Waals surface area contributed by atoms with E-state index >= 15 is 0 Å². The fourth-order valence-corrected chi connectivity index (χ4v) is 2.86. The molecule has 0 saturated heterocycles. The number of rotatable bonds is 3. The van der Waals surface area contributed by atoms with E-state index in [1.54, 1.807) is 0 Å². The lowest BCUT2D eigenvalue weighted by molar-refractivity contribution is 0.178. The smallest absolute Gasteiger partial charge is 0.109 e. The first-order valence-electron chi connectivity index (χ1n) is 6.39. The fourth-order valence-electron chi connectivity index (χ4n) is 2.86. The number of hydrogen-bond donors (Lipinski definition) is 1. The molecule has 2 nitrogen and oxygen atoms in total. The minimum absolute atomic E-state index is 0.172. The van der Waals surface area contributed by atoms with Crippen LogP contribution in [-0.4, -0.2) is 12.6 Å². The summed E-state index contributed by atoms with van der Waals surface area (Å²) in [4.78, 5) is 0. The van der Waals surface area contributed by atoms with Crippen molar-refractivity contribution in [3.05, 3.63) is 11.8 Å². The SMILES string of the molecule is CCC1CCC(C(N)C2=CCCO2)CC1. The Hall–Kier alpha value is -0.500. The van der Waals surface area contributed by atoms with E-state index in [0.717, 1.165) is 24.7 Å². The first-order valence-corrected chi connectivity index (χ1v) is 6.39. The summed E-state index contributed by atoms with van der Waals surface area (Å²) in [6.45, 7) is 3.14.